The zero-order valence-corrected chi connectivity index (χ0v) is 16.5. The van der Waals surface area contributed by atoms with Gasteiger partial charge in [-0.15, -0.1) is 0 Å². The molecule has 182 valence electrons. The van der Waals surface area contributed by atoms with Gasteiger partial charge in [0.25, 0.3) is 0 Å². The van der Waals surface area contributed by atoms with Gasteiger partial charge < -0.3 is 15.3 Å². The van der Waals surface area contributed by atoms with Gasteiger partial charge in [0.05, 0.1) is 0 Å². The maximum atomic E-state index is 11.3. The van der Waals surface area contributed by atoms with Gasteiger partial charge in [-0.3, -0.25) is 14.4 Å². The number of alkyl halides is 9. The number of carbonyl (C=O) groups is 3. The number of halogens is 9. The van der Waals surface area contributed by atoms with Crippen molar-refractivity contribution in [3.63, 3.8) is 0 Å². The fourth-order valence-electron chi connectivity index (χ4n) is 0.799. The van der Waals surface area contributed by atoms with E-state index in [9.17, 15) is 69.2 Å². The SMILES string of the molecule is CC(=O)/C=C(\[O-])C(F)(F)F.CC(=O)/C=C(\[O-])C(F)(F)F.CC(=O)/C=C(\[O-])C(F)(F)F.[Fe]. The summed E-state index contributed by atoms with van der Waals surface area (Å²) in [5.74, 6) is -9.04. The van der Waals surface area contributed by atoms with Crippen molar-refractivity contribution >= 4 is 17.3 Å². The number of hydrogen-bond acceptors (Lipinski definition) is 6. The van der Waals surface area contributed by atoms with E-state index >= 15 is 0 Å². The third-order valence-electron chi connectivity index (χ3n) is 1.84. The maximum absolute atomic E-state index is 11.3. The summed E-state index contributed by atoms with van der Waals surface area (Å²) < 4.78 is 101. The van der Waals surface area contributed by atoms with Crippen molar-refractivity contribution in [2.24, 2.45) is 0 Å². The fraction of sp³-hybridized carbons (Fsp3) is 0.400. The first-order valence-corrected chi connectivity index (χ1v) is 6.91. The van der Waals surface area contributed by atoms with Gasteiger partial charge in [-0.05, 0) is 56.3 Å². The van der Waals surface area contributed by atoms with Crippen LogP contribution in [0.1, 0.15) is 20.8 Å². The summed E-state index contributed by atoms with van der Waals surface area (Å²) in [5, 5.41) is 29.6. The van der Waals surface area contributed by atoms with Crippen molar-refractivity contribution in [3.05, 3.63) is 35.5 Å². The molecular weight excluding hydrogens is 503 g/mol. The summed E-state index contributed by atoms with van der Waals surface area (Å²) in [7, 11) is 0. The van der Waals surface area contributed by atoms with E-state index < -0.39 is 53.2 Å². The first-order valence-electron chi connectivity index (χ1n) is 6.91. The van der Waals surface area contributed by atoms with E-state index in [0.29, 0.717) is 0 Å². The summed E-state index contributed by atoms with van der Waals surface area (Å²) in [4.78, 5) is 29.8. The van der Waals surface area contributed by atoms with E-state index in [0.717, 1.165) is 20.8 Å². The molecule has 0 saturated heterocycles. The molecule has 0 aliphatic rings. The first kappa shape index (κ1) is 35.9. The summed E-state index contributed by atoms with van der Waals surface area (Å²) in [6.07, 6.45) is -14.7. The number of rotatable bonds is 3. The van der Waals surface area contributed by atoms with Crippen LogP contribution in [0.5, 0.6) is 0 Å². The number of hydrogen-bond donors (Lipinski definition) is 0. The average molecular weight is 515 g/mol. The number of ketones is 3. The van der Waals surface area contributed by atoms with Crippen LogP contribution in [0.15, 0.2) is 35.5 Å². The van der Waals surface area contributed by atoms with Crippen LogP contribution in [0, 0.1) is 0 Å². The van der Waals surface area contributed by atoms with Crippen LogP contribution in [0.25, 0.3) is 0 Å². The van der Waals surface area contributed by atoms with Gasteiger partial charge >= 0.3 is 18.5 Å². The van der Waals surface area contributed by atoms with E-state index in [1.165, 1.54) is 0 Å². The van der Waals surface area contributed by atoms with Crippen molar-refractivity contribution in [1.29, 1.82) is 0 Å². The minimum atomic E-state index is -4.92. The standard InChI is InChI=1S/3C5H5F3O2.Fe/c3*1-3(9)2-4(10)5(6,7)8;/h3*2,10H,1H3;/p-3/b3*4-2-;. The molecule has 0 aromatic heterocycles. The van der Waals surface area contributed by atoms with Gasteiger partial charge in [-0.2, -0.15) is 39.5 Å². The molecular formula is C15H12F9FeO6-3. The second-order valence-electron chi connectivity index (χ2n) is 4.85. The molecule has 31 heavy (non-hydrogen) atoms. The molecule has 0 aliphatic carbocycles. The Morgan fingerprint density at radius 1 is 0.516 bits per heavy atom. The quantitative estimate of drug-likeness (QED) is 0.241. The van der Waals surface area contributed by atoms with Crippen LogP contribution < -0.4 is 15.3 Å². The Morgan fingerprint density at radius 2 is 0.645 bits per heavy atom. The summed E-state index contributed by atoms with van der Waals surface area (Å²) >= 11 is 0. The third kappa shape index (κ3) is 23.7. The van der Waals surface area contributed by atoms with Gasteiger partial charge in [0.1, 0.15) is 0 Å². The molecule has 0 fully saturated rings. The second kappa shape index (κ2) is 14.5. The molecule has 0 saturated carbocycles. The van der Waals surface area contributed by atoms with E-state index in [1.807, 2.05) is 0 Å². The predicted molar refractivity (Wildman–Crippen MR) is 74.5 cm³/mol. The fourth-order valence-corrected chi connectivity index (χ4v) is 0.799. The molecule has 0 aromatic carbocycles. The maximum Gasteiger partial charge on any atom is 0.402 e. The molecule has 0 aromatic rings. The van der Waals surface area contributed by atoms with Crippen LogP contribution >= 0.6 is 0 Å². The summed E-state index contributed by atoms with van der Waals surface area (Å²) in [6, 6.07) is 0. The van der Waals surface area contributed by atoms with E-state index in [4.69, 9.17) is 0 Å². The Labute approximate surface area is 179 Å². The van der Waals surface area contributed by atoms with Crippen LogP contribution in [-0.4, -0.2) is 35.9 Å². The van der Waals surface area contributed by atoms with Crippen molar-refractivity contribution in [1.82, 2.24) is 0 Å². The topological polar surface area (TPSA) is 120 Å². The minimum absolute atomic E-state index is 0. The molecule has 0 heterocycles. The molecule has 0 aliphatic heterocycles. The predicted octanol–water partition coefficient (Wildman–Crippen LogP) is 1.14. The zero-order valence-electron chi connectivity index (χ0n) is 15.4. The van der Waals surface area contributed by atoms with Crippen molar-refractivity contribution < 1.29 is 86.3 Å². The molecule has 0 amide bonds. The molecule has 0 rings (SSSR count). The van der Waals surface area contributed by atoms with E-state index in [1.54, 1.807) is 0 Å². The van der Waals surface area contributed by atoms with Crippen LogP contribution in [0.3, 0.4) is 0 Å². The van der Waals surface area contributed by atoms with Gasteiger partial charge in [-0.25, -0.2) is 0 Å². The number of carbonyl (C=O) groups excluding carboxylic acids is 3. The van der Waals surface area contributed by atoms with Crippen molar-refractivity contribution in [2.75, 3.05) is 0 Å². The van der Waals surface area contributed by atoms with Crippen molar-refractivity contribution in [3.8, 4) is 0 Å². The molecule has 0 spiro atoms. The van der Waals surface area contributed by atoms with Crippen molar-refractivity contribution in [2.45, 2.75) is 39.3 Å². The smallest absolute Gasteiger partial charge is 0.402 e. The zero-order chi connectivity index (χ0) is 25.1. The summed E-state index contributed by atoms with van der Waals surface area (Å²) in [6.45, 7) is 2.64. The van der Waals surface area contributed by atoms with E-state index in [2.05, 4.69) is 0 Å². The van der Waals surface area contributed by atoms with Gasteiger partial charge in [-0.1, -0.05) is 0 Å². The minimum Gasteiger partial charge on any atom is -0.869 e. The average Bonchev–Trinajstić information content (AvgIpc) is 2.43. The van der Waals surface area contributed by atoms with Crippen LogP contribution in [0.2, 0.25) is 0 Å². The molecule has 0 radical (unpaired) electrons. The number of allylic oxidation sites excluding steroid dienone is 6. The third-order valence-corrected chi connectivity index (χ3v) is 1.84. The molecule has 16 heteroatoms. The Morgan fingerprint density at radius 3 is 0.677 bits per heavy atom. The van der Waals surface area contributed by atoms with Gasteiger partial charge in [0.2, 0.25) is 0 Å². The Bertz CT molecular complexity index is 606. The first-order chi connectivity index (χ1) is 13.0. The largest absolute Gasteiger partial charge is 0.869 e. The molecule has 0 bridgehead atoms. The normalized spacial score (nSPS) is 13.0. The molecule has 0 atom stereocenters. The molecule has 6 nitrogen and oxygen atoms in total. The van der Waals surface area contributed by atoms with Gasteiger partial charge in [0.15, 0.2) is 17.3 Å². The second-order valence-corrected chi connectivity index (χ2v) is 4.85. The molecule has 0 unspecified atom stereocenters. The van der Waals surface area contributed by atoms with Gasteiger partial charge in [0, 0.05) is 17.1 Å². The van der Waals surface area contributed by atoms with Crippen LogP contribution in [-0.2, 0) is 31.5 Å². The molecule has 0 N–H and O–H groups in total. The van der Waals surface area contributed by atoms with E-state index in [-0.39, 0.29) is 35.3 Å². The van der Waals surface area contributed by atoms with Crippen LogP contribution in [0.4, 0.5) is 39.5 Å². The Kier molecular flexibility index (Phi) is 16.8. The Balaban J connectivity index is -0.000000174. The monoisotopic (exact) mass is 515 g/mol. The summed E-state index contributed by atoms with van der Waals surface area (Å²) in [5.41, 5.74) is 0. The Hall–Kier alpha value is -2.48.